The number of aromatic nitrogens is 5. The molecule has 1 fully saturated rings. The number of fused-ring (bicyclic) bond motifs is 1. The lowest BCUT2D eigenvalue weighted by Gasteiger charge is -2.23. The number of hydrogen-bond acceptors (Lipinski definition) is 6. The Hall–Kier alpha value is -3.03. The number of rotatable bonds is 5. The Balaban J connectivity index is 1.40. The molecule has 1 atom stereocenters. The molecule has 4 heterocycles. The molecule has 1 aliphatic heterocycles. The van der Waals surface area contributed by atoms with Crippen LogP contribution in [0.5, 0.6) is 0 Å². The molecule has 3 aromatic heterocycles. The lowest BCUT2D eigenvalue weighted by Crippen LogP contribution is -2.28. The van der Waals surface area contributed by atoms with Crippen molar-refractivity contribution in [2.45, 2.75) is 31.7 Å². The Labute approximate surface area is 185 Å². The van der Waals surface area contributed by atoms with Gasteiger partial charge in [-0.3, -0.25) is 4.40 Å². The Morgan fingerprint density at radius 1 is 1.10 bits per heavy atom. The van der Waals surface area contributed by atoms with Crippen molar-refractivity contribution in [3.8, 4) is 11.3 Å². The van der Waals surface area contributed by atoms with E-state index in [-0.39, 0.29) is 5.92 Å². The molecule has 7 nitrogen and oxygen atoms in total. The fourth-order valence-electron chi connectivity index (χ4n) is 3.88. The molecule has 1 unspecified atom stereocenters. The van der Waals surface area contributed by atoms with E-state index in [1.807, 2.05) is 53.1 Å². The maximum Gasteiger partial charge on any atom is 0.223 e. The molecular formula is C23H23ClN6O. The van der Waals surface area contributed by atoms with Crippen molar-refractivity contribution in [2.75, 3.05) is 18.5 Å². The topological polar surface area (TPSA) is 77.2 Å². The molecule has 0 bridgehead atoms. The molecule has 5 rings (SSSR count). The second kappa shape index (κ2) is 8.61. The highest BCUT2D eigenvalue weighted by Gasteiger charge is 2.17. The summed E-state index contributed by atoms with van der Waals surface area (Å²) < 4.78 is 7.44. The fraction of sp³-hybridized carbons (Fsp3) is 0.304. The van der Waals surface area contributed by atoms with E-state index in [0.717, 1.165) is 59.4 Å². The summed E-state index contributed by atoms with van der Waals surface area (Å²) in [5, 5.41) is 13.0. The largest absolute Gasteiger partial charge is 0.381 e. The summed E-state index contributed by atoms with van der Waals surface area (Å²) >= 11 is 6.02. The summed E-state index contributed by atoms with van der Waals surface area (Å²) in [6, 6.07) is 14.1. The van der Waals surface area contributed by atoms with E-state index < -0.39 is 0 Å². The van der Waals surface area contributed by atoms with Gasteiger partial charge in [0.1, 0.15) is 5.82 Å². The molecule has 4 aromatic rings. The first-order valence-electron chi connectivity index (χ1n) is 10.5. The first kappa shape index (κ1) is 19.9. The maximum atomic E-state index is 6.02. The van der Waals surface area contributed by atoms with Crippen LogP contribution in [0.25, 0.3) is 16.9 Å². The first-order chi connectivity index (χ1) is 15.2. The smallest absolute Gasteiger partial charge is 0.223 e. The van der Waals surface area contributed by atoms with Gasteiger partial charge in [0.15, 0.2) is 5.65 Å². The SMILES string of the molecule is CC(c1ccc(Cl)cc1)c1nnc2cc(-c3ccnc(NC4CCOCC4)n3)ccn12. The predicted octanol–water partition coefficient (Wildman–Crippen LogP) is 4.58. The Kier molecular flexibility index (Phi) is 5.53. The number of pyridine rings is 1. The highest BCUT2D eigenvalue weighted by atomic mass is 35.5. The van der Waals surface area contributed by atoms with Crippen molar-refractivity contribution in [3.05, 3.63) is 71.3 Å². The Morgan fingerprint density at radius 3 is 2.71 bits per heavy atom. The zero-order valence-corrected chi connectivity index (χ0v) is 18.0. The lowest BCUT2D eigenvalue weighted by molar-refractivity contribution is 0.0903. The van der Waals surface area contributed by atoms with Crippen LogP contribution in [-0.4, -0.2) is 43.8 Å². The van der Waals surface area contributed by atoms with E-state index in [2.05, 4.69) is 27.4 Å². The summed E-state index contributed by atoms with van der Waals surface area (Å²) in [5.74, 6) is 1.61. The number of benzene rings is 1. The van der Waals surface area contributed by atoms with Gasteiger partial charge in [0.25, 0.3) is 0 Å². The summed E-state index contributed by atoms with van der Waals surface area (Å²) in [5.41, 5.74) is 3.75. The Bertz CT molecular complexity index is 1190. The molecule has 1 aliphatic rings. The molecule has 0 saturated carbocycles. The van der Waals surface area contributed by atoms with Crippen LogP contribution in [0.1, 0.15) is 37.1 Å². The highest BCUT2D eigenvalue weighted by Crippen LogP contribution is 2.26. The average Bonchev–Trinajstić information content (AvgIpc) is 3.23. The van der Waals surface area contributed by atoms with Crippen LogP contribution < -0.4 is 5.32 Å². The average molecular weight is 435 g/mol. The van der Waals surface area contributed by atoms with Crippen molar-refractivity contribution >= 4 is 23.2 Å². The van der Waals surface area contributed by atoms with Gasteiger partial charge < -0.3 is 10.1 Å². The zero-order valence-electron chi connectivity index (χ0n) is 17.2. The Morgan fingerprint density at radius 2 is 1.90 bits per heavy atom. The third kappa shape index (κ3) is 4.24. The molecule has 31 heavy (non-hydrogen) atoms. The summed E-state index contributed by atoms with van der Waals surface area (Å²) in [7, 11) is 0. The third-order valence-electron chi connectivity index (χ3n) is 5.70. The van der Waals surface area contributed by atoms with Gasteiger partial charge in [-0.1, -0.05) is 30.7 Å². The van der Waals surface area contributed by atoms with Crippen molar-refractivity contribution in [1.82, 2.24) is 24.6 Å². The molecule has 0 aliphatic carbocycles. The van der Waals surface area contributed by atoms with Crippen LogP contribution >= 0.6 is 11.6 Å². The third-order valence-corrected chi connectivity index (χ3v) is 5.95. The van der Waals surface area contributed by atoms with E-state index in [9.17, 15) is 0 Å². The minimum atomic E-state index is 0.0902. The molecule has 8 heteroatoms. The predicted molar refractivity (Wildman–Crippen MR) is 120 cm³/mol. The molecule has 1 N–H and O–H groups in total. The van der Waals surface area contributed by atoms with Gasteiger partial charge in [-0.2, -0.15) is 0 Å². The number of anilines is 1. The standard InChI is InChI=1S/C23H23ClN6O/c1-15(16-2-4-18(24)5-3-16)22-29-28-21-14-17(7-11-30(21)22)20-6-10-25-23(27-20)26-19-8-12-31-13-9-19/h2-7,10-11,14-15,19H,8-9,12-13H2,1H3,(H,25,26,27). The van der Waals surface area contributed by atoms with Gasteiger partial charge in [-0.15, -0.1) is 10.2 Å². The monoisotopic (exact) mass is 434 g/mol. The summed E-state index contributed by atoms with van der Waals surface area (Å²) in [6.07, 6.45) is 5.72. The van der Waals surface area contributed by atoms with Gasteiger partial charge in [0.2, 0.25) is 5.95 Å². The van der Waals surface area contributed by atoms with Gasteiger partial charge in [0.05, 0.1) is 5.69 Å². The quantitative estimate of drug-likeness (QED) is 0.495. The molecule has 0 radical (unpaired) electrons. The zero-order chi connectivity index (χ0) is 21.2. The van der Waals surface area contributed by atoms with Crippen LogP contribution in [0, 0.1) is 0 Å². The van der Waals surface area contributed by atoms with Crippen LogP contribution in [0.15, 0.2) is 54.9 Å². The van der Waals surface area contributed by atoms with Crippen molar-refractivity contribution < 1.29 is 4.74 Å². The number of halogens is 1. The molecule has 1 saturated heterocycles. The second-order valence-electron chi connectivity index (χ2n) is 7.77. The second-order valence-corrected chi connectivity index (χ2v) is 8.21. The number of nitrogens with one attached hydrogen (secondary N) is 1. The number of ether oxygens (including phenoxy) is 1. The van der Waals surface area contributed by atoms with E-state index in [1.165, 1.54) is 0 Å². The minimum Gasteiger partial charge on any atom is -0.381 e. The lowest BCUT2D eigenvalue weighted by atomic mass is 10.0. The van der Waals surface area contributed by atoms with Gasteiger partial charge in [-0.05, 0) is 48.7 Å². The fourth-order valence-corrected chi connectivity index (χ4v) is 4.00. The van der Waals surface area contributed by atoms with Gasteiger partial charge >= 0.3 is 0 Å². The van der Waals surface area contributed by atoms with Crippen LogP contribution in [0.3, 0.4) is 0 Å². The normalized spacial score (nSPS) is 15.8. The van der Waals surface area contributed by atoms with Crippen LogP contribution in [0.4, 0.5) is 5.95 Å². The highest BCUT2D eigenvalue weighted by molar-refractivity contribution is 6.30. The number of nitrogens with zero attached hydrogens (tertiary/aromatic N) is 5. The van der Waals surface area contributed by atoms with Crippen molar-refractivity contribution in [3.63, 3.8) is 0 Å². The number of hydrogen-bond donors (Lipinski definition) is 1. The van der Waals surface area contributed by atoms with E-state index >= 15 is 0 Å². The summed E-state index contributed by atoms with van der Waals surface area (Å²) in [6.45, 7) is 3.67. The van der Waals surface area contributed by atoms with Crippen molar-refractivity contribution in [1.29, 1.82) is 0 Å². The van der Waals surface area contributed by atoms with Gasteiger partial charge in [0, 0.05) is 48.2 Å². The molecular weight excluding hydrogens is 412 g/mol. The molecule has 0 amide bonds. The molecule has 0 spiro atoms. The minimum absolute atomic E-state index is 0.0902. The maximum absolute atomic E-state index is 6.02. The van der Waals surface area contributed by atoms with E-state index in [4.69, 9.17) is 21.3 Å². The molecule has 1 aromatic carbocycles. The van der Waals surface area contributed by atoms with Crippen LogP contribution in [-0.2, 0) is 4.74 Å². The van der Waals surface area contributed by atoms with E-state index in [0.29, 0.717) is 12.0 Å². The van der Waals surface area contributed by atoms with Crippen LogP contribution in [0.2, 0.25) is 5.02 Å². The van der Waals surface area contributed by atoms with E-state index in [1.54, 1.807) is 6.20 Å². The summed E-state index contributed by atoms with van der Waals surface area (Å²) in [4.78, 5) is 9.09. The first-order valence-corrected chi connectivity index (χ1v) is 10.8. The van der Waals surface area contributed by atoms with Gasteiger partial charge in [-0.25, -0.2) is 9.97 Å². The molecule has 158 valence electrons. The van der Waals surface area contributed by atoms with Crippen molar-refractivity contribution in [2.24, 2.45) is 0 Å².